The molecule has 0 unspecified atom stereocenters. The van der Waals surface area contributed by atoms with Crippen LogP contribution in [-0.4, -0.2) is 26.4 Å². The molecule has 0 spiro atoms. The maximum atomic E-state index is 12.0. The number of benzene rings is 1. The zero-order valence-corrected chi connectivity index (χ0v) is 12.5. The quantitative estimate of drug-likeness (QED) is 0.838. The second kappa shape index (κ2) is 5.96. The summed E-state index contributed by atoms with van der Waals surface area (Å²) in [5.74, 6) is 0.524. The van der Waals surface area contributed by atoms with Gasteiger partial charge < -0.3 is 11.1 Å². The average Bonchev–Trinajstić information content (AvgIpc) is 2.72. The normalized spacial score (nSPS) is 10.6. The molecule has 2 aromatic rings. The molecular formula is C13H17N5OS. The van der Waals surface area contributed by atoms with Gasteiger partial charge in [-0.3, -0.25) is 9.36 Å². The van der Waals surface area contributed by atoms with E-state index in [1.54, 1.807) is 11.6 Å². The zero-order valence-electron chi connectivity index (χ0n) is 11.7. The third-order valence-electron chi connectivity index (χ3n) is 2.95. The van der Waals surface area contributed by atoms with Crippen molar-refractivity contribution in [2.45, 2.75) is 19.0 Å². The maximum absolute atomic E-state index is 12.0. The van der Waals surface area contributed by atoms with Gasteiger partial charge in [-0.15, -0.1) is 10.2 Å². The van der Waals surface area contributed by atoms with Crippen LogP contribution in [-0.2, 0) is 11.8 Å². The number of carbonyl (C=O) groups is 1. The highest BCUT2D eigenvalue weighted by atomic mass is 32.2. The molecule has 0 fully saturated rings. The third-order valence-corrected chi connectivity index (χ3v) is 3.97. The molecule has 106 valence electrons. The molecule has 6 nitrogen and oxygen atoms in total. The van der Waals surface area contributed by atoms with Crippen LogP contribution in [0.4, 0.5) is 11.6 Å². The molecule has 1 aromatic heterocycles. The highest BCUT2D eigenvalue weighted by Crippen LogP contribution is 2.21. The molecule has 0 radical (unpaired) electrons. The van der Waals surface area contributed by atoms with Gasteiger partial charge in [-0.05, 0) is 25.0 Å². The Morgan fingerprint density at radius 2 is 2.00 bits per heavy atom. The summed E-state index contributed by atoms with van der Waals surface area (Å²) in [7, 11) is 1.76. The number of hydrogen-bond donors (Lipinski definition) is 2. The number of hydrogen-bond acceptors (Lipinski definition) is 5. The molecule has 1 amide bonds. The number of nitrogens with two attached hydrogens (primary N) is 1. The van der Waals surface area contributed by atoms with Crippen molar-refractivity contribution in [1.29, 1.82) is 0 Å². The van der Waals surface area contributed by atoms with Gasteiger partial charge in [-0.1, -0.05) is 30.0 Å². The summed E-state index contributed by atoms with van der Waals surface area (Å²) in [4.78, 5) is 12.0. The van der Waals surface area contributed by atoms with Crippen molar-refractivity contribution >= 4 is 29.3 Å². The number of nitrogen functional groups attached to an aromatic ring is 1. The Balaban J connectivity index is 1.98. The van der Waals surface area contributed by atoms with Crippen molar-refractivity contribution in [2.75, 3.05) is 16.8 Å². The minimum absolute atomic E-state index is 0.0750. The summed E-state index contributed by atoms with van der Waals surface area (Å²) in [6, 6.07) is 5.91. The van der Waals surface area contributed by atoms with E-state index in [0.717, 1.165) is 16.8 Å². The summed E-state index contributed by atoms with van der Waals surface area (Å²) in [6.07, 6.45) is 0. The molecule has 0 saturated heterocycles. The van der Waals surface area contributed by atoms with Gasteiger partial charge in [0.25, 0.3) is 0 Å². The van der Waals surface area contributed by atoms with Crippen LogP contribution in [0.25, 0.3) is 0 Å². The monoisotopic (exact) mass is 291 g/mol. The van der Waals surface area contributed by atoms with Crippen molar-refractivity contribution in [2.24, 2.45) is 7.05 Å². The highest BCUT2D eigenvalue weighted by molar-refractivity contribution is 7.99. The van der Waals surface area contributed by atoms with Gasteiger partial charge in [0.2, 0.25) is 11.9 Å². The maximum Gasteiger partial charge on any atom is 0.234 e. The van der Waals surface area contributed by atoms with E-state index in [4.69, 9.17) is 5.73 Å². The number of rotatable bonds is 4. The Morgan fingerprint density at radius 3 is 2.55 bits per heavy atom. The van der Waals surface area contributed by atoms with Crippen molar-refractivity contribution in [3.8, 4) is 0 Å². The van der Waals surface area contributed by atoms with Crippen LogP contribution in [0.15, 0.2) is 23.4 Å². The van der Waals surface area contributed by atoms with E-state index in [9.17, 15) is 4.79 Å². The lowest BCUT2D eigenvalue weighted by Crippen LogP contribution is -2.16. The lowest BCUT2D eigenvalue weighted by molar-refractivity contribution is -0.113. The van der Waals surface area contributed by atoms with E-state index in [2.05, 4.69) is 15.5 Å². The van der Waals surface area contributed by atoms with Crippen molar-refractivity contribution in [1.82, 2.24) is 14.8 Å². The minimum atomic E-state index is -0.0750. The van der Waals surface area contributed by atoms with Crippen LogP contribution >= 0.6 is 11.8 Å². The predicted octanol–water partition coefficient (Wildman–Crippen LogP) is 1.74. The van der Waals surface area contributed by atoms with Crippen LogP contribution < -0.4 is 11.1 Å². The Kier molecular flexibility index (Phi) is 4.29. The van der Waals surface area contributed by atoms with Crippen LogP contribution in [0.1, 0.15) is 11.1 Å². The number of nitrogens with zero attached hydrogens (tertiary/aromatic N) is 3. The first-order valence-corrected chi connectivity index (χ1v) is 7.11. The van der Waals surface area contributed by atoms with E-state index < -0.39 is 0 Å². The largest absolute Gasteiger partial charge is 0.368 e. The minimum Gasteiger partial charge on any atom is -0.368 e. The van der Waals surface area contributed by atoms with Crippen molar-refractivity contribution in [3.63, 3.8) is 0 Å². The SMILES string of the molecule is Cc1cccc(C)c1NC(=O)CSc1nnc(N)n1C. The predicted molar refractivity (Wildman–Crippen MR) is 80.7 cm³/mol. The smallest absolute Gasteiger partial charge is 0.234 e. The molecule has 0 aliphatic heterocycles. The van der Waals surface area contributed by atoms with Gasteiger partial charge >= 0.3 is 0 Å². The van der Waals surface area contributed by atoms with E-state index in [-0.39, 0.29) is 11.7 Å². The first-order valence-electron chi connectivity index (χ1n) is 6.12. The molecule has 0 saturated carbocycles. The Morgan fingerprint density at radius 1 is 1.35 bits per heavy atom. The number of carbonyl (C=O) groups excluding carboxylic acids is 1. The first-order chi connectivity index (χ1) is 9.49. The molecule has 0 bridgehead atoms. The molecule has 1 aromatic carbocycles. The molecular weight excluding hydrogens is 274 g/mol. The number of anilines is 2. The van der Waals surface area contributed by atoms with Crippen molar-refractivity contribution in [3.05, 3.63) is 29.3 Å². The molecule has 2 rings (SSSR count). The number of aryl methyl sites for hydroxylation is 2. The Labute approximate surface area is 121 Å². The summed E-state index contributed by atoms with van der Waals surface area (Å²) in [6.45, 7) is 3.94. The van der Waals surface area contributed by atoms with Crippen LogP contribution in [0.3, 0.4) is 0 Å². The number of thioether (sulfide) groups is 1. The van der Waals surface area contributed by atoms with Crippen LogP contribution in [0, 0.1) is 13.8 Å². The molecule has 0 aliphatic carbocycles. The van der Waals surface area contributed by atoms with Gasteiger partial charge in [0.15, 0.2) is 5.16 Å². The first kappa shape index (κ1) is 14.4. The lowest BCUT2D eigenvalue weighted by atomic mass is 10.1. The topological polar surface area (TPSA) is 85.8 Å². The number of aromatic nitrogens is 3. The highest BCUT2D eigenvalue weighted by Gasteiger charge is 2.11. The van der Waals surface area contributed by atoms with Crippen LogP contribution in [0.2, 0.25) is 0 Å². The standard InChI is InChI=1S/C13H17N5OS/c1-8-5-4-6-9(2)11(8)15-10(19)7-20-13-17-16-12(14)18(13)3/h4-6H,7H2,1-3H3,(H2,14,16)(H,15,19). The average molecular weight is 291 g/mol. The van der Waals surface area contributed by atoms with Crippen molar-refractivity contribution < 1.29 is 4.79 Å². The van der Waals surface area contributed by atoms with Crippen LogP contribution in [0.5, 0.6) is 0 Å². The number of nitrogens with one attached hydrogen (secondary N) is 1. The molecule has 20 heavy (non-hydrogen) atoms. The molecule has 0 aliphatic rings. The fourth-order valence-corrected chi connectivity index (χ4v) is 2.49. The third kappa shape index (κ3) is 3.11. The molecule has 0 atom stereocenters. The van der Waals surface area contributed by atoms with Gasteiger partial charge in [0, 0.05) is 12.7 Å². The Hall–Kier alpha value is -2.02. The number of amides is 1. The molecule has 3 N–H and O–H groups in total. The van der Waals surface area contributed by atoms with Gasteiger partial charge in [0.05, 0.1) is 5.75 Å². The second-order valence-electron chi connectivity index (χ2n) is 4.50. The summed E-state index contributed by atoms with van der Waals surface area (Å²) < 4.78 is 1.65. The summed E-state index contributed by atoms with van der Waals surface area (Å²) >= 11 is 1.30. The van der Waals surface area contributed by atoms with E-state index in [1.807, 2.05) is 32.0 Å². The van der Waals surface area contributed by atoms with Gasteiger partial charge in [-0.2, -0.15) is 0 Å². The lowest BCUT2D eigenvalue weighted by Gasteiger charge is -2.11. The van der Waals surface area contributed by atoms with E-state index in [1.165, 1.54) is 11.8 Å². The summed E-state index contributed by atoms with van der Waals surface area (Å²) in [5.41, 5.74) is 8.55. The van der Waals surface area contributed by atoms with Gasteiger partial charge in [-0.25, -0.2) is 0 Å². The van der Waals surface area contributed by atoms with E-state index >= 15 is 0 Å². The number of para-hydroxylation sites is 1. The second-order valence-corrected chi connectivity index (χ2v) is 5.45. The Bertz CT molecular complexity index is 617. The zero-order chi connectivity index (χ0) is 14.7. The molecule has 7 heteroatoms. The summed E-state index contributed by atoms with van der Waals surface area (Å²) in [5, 5.41) is 11.2. The fraction of sp³-hybridized carbons (Fsp3) is 0.308. The van der Waals surface area contributed by atoms with E-state index in [0.29, 0.717) is 11.1 Å². The fourth-order valence-electron chi connectivity index (χ4n) is 1.77. The molecule has 1 heterocycles. The van der Waals surface area contributed by atoms with Gasteiger partial charge in [0.1, 0.15) is 0 Å².